The fourth-order valence-corrected chi connectivity index (χ4v) is 8.84. The molecule has 1 saturated heterocycles. The van der Waals surface area contributed by atoms with Crippen molar-refractivity contribution in [2.75, 3.05) is 57.3 Å². The van der Waals surface area contributed by atoms with Gasteiger partial charge < -0.3 is 77.4 Å². The van der Waals surface area contributed by atoms with Gasteiger partial charge in [-0.05, 0) is 68.0 Å². The minimum absolute atomic E-state index is 0.00432. The number of primary amides is 2. The van der Waals surface area contributed by atoms with Crippen LogP contribution in [-0.2, 0) is 51.2 Å². The fraction of sp³-hybridized carbons (Fsp3) is 0.491. The van der Waals surface area contributed by atoms with E-state index in [0.29, 0.717) is 43.8 Å². The summed E-state index contributed by atoms with van der Waals surface area (Å²) < 4.78 is 21.6. The van der Waals surface area contributed by atoms with Gasteiger partial charge >= 0.3 is 12.1 Å². The Kier molecular flexibility index (Phi) is 24.8. The molecule has 1 aliphatic heterocycles. The number of carbonyl (C=O) groups is 9. The molecular formula is C53H71N7O17S. The molecule has 0 saturated carbocycles. The molecule has 3 aromatic rings. The molecule has 0 radical (unpaired) electrons. The number of amides is 7. The molecule has 3 aromatic carbocycles. The zero-order valence-electron chi connectivity index (χ0n) is 44.3. The lowest BCUT2D eigenvalue weighted by atomic mass is 9.72. The van der Waals surface area contributed by atoms with E-state index >= 15 is 0 Å². The first-order valence-corrected chi connectivity index (χ1v) is 26.7. The van der Waals surface area contributed by atoms with E-state index in [0.717, 1.165) is 25.0 Å². The van der Waals surface area contributed by atoms with Gasteiger partial charge in [0.05, 0.1) is 36.4 Å². The SMILES string of the molecule is CCCNC(N)=O.COc1cccc2c1C(=O)c1c(O)c3c(c(O)c1C2=O)CC(O)(C(=O)CO)CC3OC1CCCCO1.CSCCNC(=O)CCCC(=O)NC(C(=O)NCC(=O)Nc1ccc(COC(N)=O)cc1)C(C)C. The first kappa shape index (κ1) is 63.2. The second-order valence-corrected chi connectivity index (χ2v) is 19.6. The van der Waals surface area contributed by atoms with Gasteiger partial charge in [0.1, 0.15) is 42.1 Å². The van der Waals surface area contributed by atoms with E-state index in [1.807, 2.05) is 13.2 Å². The Morgan fingerprint density at radius 1 is 0.872 bits per heavy atom. The highest BCUT2D eigenvalue weighted by atomic mass is 32.2. The average Bonchev–Trinajstić information content (AvgIpc) is 3.60. The van der Waals surface area contributed by atoms with Crippen molar-refractivity contribution < 1.29 is 82.5 Å². The summed E-state index contributed by atoms with van der Waals surface area (Å²) in [7, 11) is 1.35. The zero-order valence-corrected chi connectivity index (χ0v) is 45.1. The number of fused-ring (bicyclic) bond motifs is 3. The van der Waals surface area contributed by atoms with E-state index in [1.165, 1.54) is 25.3 Å². The number of anilines is 1. The number of nitrogens with two attached hydrogens (primary N) is 2. The predicted molar refractivity (Wildman–Crippen MR) is 285 cm³/mol. The van der Waals surface area contributed by atoms with Gasteiger partial charge in [0, 0.05) is 73.5 Å². The number of phenolic OH excluding ortho intramolecular Hbond substituents is 2. The summed E-state index contributed by atoms with van der Waals surface area (Å²) in [5, 5.41) is 56.3. The number of ether oxygens (including phenoxy) is 4. The van der Waals surface area contributed by atoms with Gasteiger partial charge in [-0.2, -0.15) is 11.8 Å². The molecule has 25 heteroatoms. The summed E-state index contributed by atoms with van der Waals surface area (Å²) in [6.45, 7) is 6.03. The first-order valence-electron chi connectivity index (χ1n) is 25.3. The first-order chi connectivity index (χ1) is 37.1. The number of Topliss-reactive ketones (excluding diaryl/α,β-unsaturated/α-hetero) is 1. The van der Waals surface area contributed by atoms with Crippen molar-refractivity contribution in [1.82, 2.24) is 21.3 Å². The molecular weight excluding hydrogens is 1040 g/mol. The standard InChI is InChI=1S/C26H26O10.C23H35N5O6S.C4H10N2O/c1-34-14-6-4-5-12-18(14)24(31)21-20(22(12)29)23(30)13-9-26(33,16(28)11-27)10-15(19(13)25(21)32)36-17-7-2-3-8-35-17;1-15(2)21(28-19(30)6-4-5-18(29)25-11-12-35-3)22(32)26-13-20(31)27-17-9-7-16(8-10-17)14-34-23(24)33;1-2-3-6-4(5)7/h4-6,15,17,27,30,32-33H,2-3,7-11H2,1H3;7-10,15,21H,4-6,11-14H2,1-3H3,(H2,24,33)(H,25,29)(H,26,32)(H,27,31)(H,28,30);2-3H2,1H3,(H3,5,6,7). The molecule has 3 aliphatic rings. The molecule has 6 rings (SSSR count). The van der Waals surface area contributed by atoms with E-state index in [4.69, 9.17) is 25.7 Å². The number of aliphatic hydroxyl groups excluding tert-OH is 1. The highest BCUT2D eigenvalue weighted by Crippen LogP contribution is 2.52. The summed E-state index contributed by atoms with van der Waals surface area (Å²) >= 11 is 1.63. The number of nitrogens with one attached hydrogen (secondary N) is 5. The average molecular weight is 1110 g/mol. The lowest BCUT2D eigenvalue weighted by Gasteiger charge is -2.40. The number of rotatable bonds is 22. The molecule has 4 unspecified atom stereocenters. The number of phenols is 2. The quantitative estimate of drug-likeness (QED) is 0.0398. The lowest BCUT2D eigenvalue weighted by Crippen LogP contribution is -2.51. The van der Waals surface area contributed by atoms with Crippen LogP contribution in [0.2, 0.25) is 0 Å². The number of aliphatic hydroxyl groups is 2. The number of hydrogen-bond donors (Lipinski definition) is 11. The van der Waals surface area contributed by atoms with E-state index in [-0.39, 0.29) is 78.1 Å². The normalized spacial score (nSPS) is 17.4. The summed E-state index contributed by atoms with van der Waals surface area (Å²) in [6, 6.07) is 9.77. The molecule has 1 fully saturated rings. The molecule has 0 bridgehead atoms. The van der Waals surface area contributed by atoms with E-state index in [9.17, 15) is 63.6 Å². The third-order valence-corrected chi connectivity index (χ3v) is 13.1. The van der Waals surface area contributed by atoms with E-state index in [1.54, 1.807) is 49.9 Å². The van der Waals surface area contributed by atoms with Crippen LogP contribution in [0.3, 0.4) is 0 Å². The number of ketones is 3. The molecule has 4 atom stereocenters. The molecule has 7 amide bonds. The highest BCUT2D eigenvalue weighted by Gasteiger charge is 2.49. The van der Waals surface area contributed by atoms with Crippen molar-refractivity contribution in [1.29, 1.82) is 0 Å². The summed E-state index contributed by atoms with van der Waals surface area (Å²) in [5.74, 6) is -4.14. The van der Waals surface area contributed by atoms with E-state index < -0.39 is 101 Å². The van der Waals surface area contributed by atoms with Crippen LogP contribution >= 0.6 is 11.8 Å². The number of hydrogen-bond acceptors (Lipinski definition) is 18. The molecule has 24 nitrogen and oxygen atoms in total. The van der Waals surface area contributed by atoms with Crippen molar-refractivity contribution >= 4 is 70.6 Å². The molecule has 78 heavy (non-hydrogen) atoms. The Hall–Kier alpha value is -7.32. The van der Waals surface area contributed by atoms with Gasteiger partial charge in [-0.1, -0.05) is 45.0 Å². The summed E-state index contributed by atoms with van der Waals surface area (Å²) in [5.41, 5.74) is 7.73. The minimum atomic E-state index is -2.14. The Balaban J connectivity index is 0.000000300. The Morgan fingerprint density at radius 2 is 1.56 bits per heavy atom. The van der Waals surface area contributed by atoms with Crippen molar-refractivity contribution in [2.24, 2.45) is 17.4 Å². The van der Waals surface area contributed by atoms with Gasteiger partial charge in [0.25, 0.3) is 0 Å². The Morgan fingerprint density at radius 3 is 2.15 bits per heavy atom. The predicted octanol–water partition coefficient (Wildman–Crippen LogP) is 2.90. The second kappa shape index (κ2) is 30.6. The maximum Gasteiger partial charge on any atom is 0.404 e. The fourth-order valence-electron chi connectivity index (χ4n) is 8.54. The van der Waals surface area contributed by atoms with Gasteiger partial charge in [-0.25, -0.2) is 9.59 Å². The van der Waals surface area contributed by atoms with Crippen LogP contribution in [0.25, 0.3) is 0 Å². The van der Waals surface area contributed by atoms with Crippen LogP contribution in [0.4, 0.5) is 15.3 Å². The Bertz CT molecular complexity index is 2640. The van der Waals surface area contributed by atoms with Crippen LogP contribution < -0.4 is 42.8 Å². The summed E-state index contributed by atoms with van der Waals surface area (Å²) in [6.07, 6.45) is 2.19. The third-order valence-electron chi connectivity index (χ3n) is 12.5. The maximum absolute atomic E-state index is 13.6. The number of urea groups is 1. The topological polar surface area (TPSA) is 384 Å². The lowest BCUT2D eigenvalue weighted by molar-refractivity contribution is -0.204. The number of carbonyl (C=O) groups excluding carboxylic acids is 9. The number of benzene rings is 3. The molecule has 1 heterocycles. The van der Waals surface area contributed by atoms with Crippen LogP contribution in [0.1, 0.15) is 127 Å². The Labute approximate surface area is 455 Å². The van der Waals surface area contributed by atoms with E-state index in [2.05, 4.69) is 31.3 Å². The van der Waals surface area contributed by atoms with Crippen molar-refractivity contribution in [2.45, 2.75) is 109 Å². The minimum Gasteiger partial charge on any atom is -0.507 e. The van der Waals surface area contributed by atoms with Crippen LogP contribution in [0.15, 0.2) is 42.5 Å². The number of thioether (sulfide) groups is 1. The summed E-state index contributed by atoms with van der Waals surface area (Å²) in [4.78, 5) is 109. The smallest absolute Gasteiger partial charge is 0.404 e. The molecule has 13 N–H and O–H groups in total. The second-order valence-electron chi connectivity index (χ2n) is 18.6. The van der Waals surface area contributed by atoms with Crippen LogP contribution in [0.5, 0.6) is 17.2 Å². The van der Waals surface area contributed by atoms with Gasteiger partial charge in [-0.3, -0.25) is 33.6 Å². The van der Waals surface area contributed by atoms with Crippen LogP contribution in [0, 0.1) is 5.92 Å². The number of methoxy groups -OCH3 is 1. The molecule has 2 aliphatic carbocycles. The maximum atomic E-state index is 13.6. The molecule has 426 valence electrons. The monoisotopic (exact) mass is 1110 g/mol. The number of aromatic hydroxyl groups is 2. The highest BCUT2D eigenvalue weighted by molar-refractivity contribution is 7.98. The molecule has 0 aromatic heterocycles. The van der Waals surface area contributed by atoms with Gasteiger partial charge in [0.15, 0.2) is 17.9 Å². The van der Waals surface area contributed by atoms with Crippen molar-refractivity contribution in [3.8, 4) is 17.2 Å². The largest absolute Gasteiger partial charge is 0.507 e. The molecule has 0 spiro atoms. The van der Waals surface area contributed by atoms with Gasteiger partial charge in [-0.15, -0.1) is 0 Å². The van der Waals surface area contributed by atoms with Crippen molar-refractivity contribution in [3.63, 3.8) is 0 Å². The van der Waals surface area contributed by atoms with Crippen LogP contribution in [-0.4, -0.2) is 143 Å². The third kappa shape index (κ3) is 17.6. The van der Waals surface area contributed by atoms with Gasteiger partial charge in [0.2, 0.25) is 29.4 Å². The zero-order chi connectivity index (χ0) is 57.7. The van der Waals surface area contributed by atoms with Crippen molar-refractivity contribution in [3.05, 3.63) is 81.4 Å².